The van der Waals surface area contributed by atoms with Crippen molar-refractivity contribution in [3.05, 3.63) is 46.2 Å². The van der Waals surface area contributed by atoms with Crippen molar-refractivity contribution < 1.29 is 28.6 Å². The quantitative estimate of drug-likeness (QED) is 0.569. The van der Waals surface area contributed by atoms with Crippen LogP contribution in [0.4, 0.5) is 0 Å². The summed E-state index contributed by atoms with van der Waals surface area (Å²) in [6, 6.07) is 8.13. The molecule has 1 N–H and O–H groups in total. The molecule has 0 saturated heterocycles. The fraction of sp³-hybridized carbons (Fsp3) is 0.235. The SMILES string of the molecule is COc1ccc(OC)c(C(=O)COC(=O)CNC(=O)c2cccs2)c1. The van der Waals surface area contributed by atoms with Crippen molar-refractivity contribution >= 4 is 29.0 Å². The third kappa shape index (κ3) is 5.05. The smallest absolute Gasteiger partial charge is 0.325 e. The van der Waals surface area contributed by atoms with E-state index in [0.717, 1.165) is 0 Å². The maximum absolute atomic E-state index is 12.2. The number of nitrogens with one attached hydrogen (secondary N) is 1. The summed E-state index contributed by atoms with van der Waals surface area (Å²) in [7, 11) is 2.91. The first-order chi connectivity index (χ1) is 12.0. The molecule has 0 aliphatic heterocycles. The number of amides is 1. The largest absolute Gasteiger partial charge is 0.497 e. The minimum Gasteiger partial charge on any atom is -0.497 e. The molecule has 0 spiro atoms. The summed E-state index contributed by atoms with van der Waals surface area (Å²) in [4.78, 5) is 36.1. The third-order valence-corrected chi connectivity index (χ3v) is 4.08. The summed E-state index contributed by atoms with van der Waals surface area (Å²) in [5.74, 6) is -0.673. The van der Waals surface area contributed by atoms with Crippen LogP contribution in [-0.4, -0.2) is 45.0 Å². The molecule has 0 bridgehead atoms. The zero-order valence-electron chi connectivity index (χ0n) is 13.7. The second kappa shape index (κ2) is 8.84. The zero-order chi connectivity index (χ0) is 18.2. The molecule has 0 aliphatic carbocycles. The van der Waals surface area contributed by atoms with Crippen molar-refractivity contribution in [3.8, 4) is 11.5 Å². The van der Waals surface area contributed by atoms with Crippen LogP contribution in [0.1, 0.15) is 20.0 Å². The van der Waals surface area contributed by atoms with Crippen LogP contribution in [0.15, 0.2) is 35.7 Å². The fourth-order valence-electron chi connectivity index (χ4n) is 1.95. The summed E-state index contributed by atoms with van der Waals surface area (Å²) in [6.07, 6.45) is 0. The van der Waals surface area contributed by atoms with Gasteiger partial charge >= 0.3 is 5.97 Å². The van der Waals surface area contributed by atoms with Gasteiger partial charge in [0, 0.05) is 0 Å². The Balaban J connectivity index is 1.87. The molecule has 7 nitrogen and oxygen atoms in total. The number of rotatable bonds is 8. The van der Waals surface area contributed by atoms with Crippen molar-refractivity contribution in [1.29, 1.82) is 0 Å². The average Bonchev–Trinajstić information content (AvgIpc) is 3.18. The van der Waals surface area contributed by atoms with E-state index in [1.165, 1.54) is 31.6 Å². The second-order valence-corrected chi connectivity index (χ2v) is 5.76. The number of thiophene rings is 1. The van der Waals surface area contributed by atoms with Gasteiger partial charge in [0.05, 0.1) is 24.7 Å². The highest BCUT2D eigenvalue weighted by atomic mass is 32.1. The molecule has 132 valence electrons. The molecule has 2 aromatic rings. The van der Waals surface area contributed by atoms with Crippen LogP contribution >= 0.6 is 11.3 Å². The molecular weight excluding hydrogens is 346 g/mol. The number of methoxy groups -OCH3 is 2. The molecular formula is C17H17NO6S. The lowest BCUT2D eigenvalue weighted by Crippen LogP contribution is -2.31. The Labute approximate surface area is 148 Å². The van der Waals surface area contributed by atoms with E-state index in [1.54, 1.807) is 29.6 Å². The van der Waals surface area contributed by atoms with Crippen LogP contribution in [0.5, 0.6) is 11.5 Å². The normalized spacial score (nSPS) is 10.0. The van der Waals surface area contributed by atoms with E-state index in [9.17, 15) is 14.4 Å². The summed E-state index contributed by atoms with van der Waals surface area (Å²) in [6.45, 7) is -0.781. The predicted molar refractivity (Wildman–Crippen MR) is 91.5 cm³/mol. The van der Waals surface area contributed by atoms with Gasteiger partial charge < -0.3 is 19.5 Å². The second-order valence-electron chi connectivity index (χ2n) is 4.81. The molecule has 0 saturated carbocycles. The Kier molecular flexibility index (Phi) is 6.53. The molecule has 2 rings (SSSR count). The van der Waals surface area contributed by atoms with Gasteiger partial charge in [0.15, 0.2) is 6.61 Å². The number of carbonyl (C=O) groups excluding carboxylic acids is 3. The summed E-state index contributed by atoms with van der Waals surface area (Å²) in [5, 5.41) is 4.19. The minimum atomic E-state index is -0.708. The number of carbonyl (C=O) groups is 3. The number of hydrogen-bond acceptors (Lipinski definition) is 7. The average molecular weight is 363 g/mol. The number of esters is 1. The van der Waals surface area contributed by atoms with Crippen LogP contribution in [0.25, 0.3) is 0 Å². The van der Waals surface area contributed by atoms with Crippen molar-refractivity contribution in [2.75, 3.05) is 27.4 Å². The molecule has 0 fully saturated rings. The maximum atomic E-state index is 12.2. The van der Waals surface area contributed by atoms with Crippen LogP contribution in [0.2, 0.25) is 0 Å². The summed E-state index contributed by atoms with van der Waals surface area (Å²) in [5.41, 5.74) is 0.247. The molecule has 25 heavy (non-hydrogen) atoms. The predicted octanol–water partition coefficient (Wildman–Crippen LogP) is 1.92. The van der Waals surface area contributed by atoms with Gasteiger partial charge in [-0.05, 0) is 29.6 Å². The van der Waals surface area contributed by atoms with Gasteiger partial charge in [-0.3, -0.25) is 14.4 Å². The number of hydrogen-bond donors (Lipinski definition) is 1. The van der Waals surface area contributed by atoms with Gasteiger partial charge in [0.1, 0.15) is 18.0 Å². The minimum absolute atomic E-state index is 0.247. The van der Waals surface area contributed by atoms with Gasteiger partial charge in [-0.25, -0.2) is 0 Å². The molecule has 0 atom stereocenters. The topological polar surface area (TPSA) is 90.9 Å². The van der Waals surface area contributed by atoms with Gasteiger partial charge in [0.2, 0.25) is 5.78 Å². The first-order valence-electron chi connectivity index (χ1n) is 7.27. The highest BCUT2D eigenvalue weighted by molar-refractivity contribution is 7.12. The lowest BCUT2D eigenvalue weighted by Gasteiger charge is -2.10. The van der Waals surface area contributed by atoms with E-state index in [1.807, 2.05) is 0 Å². The Bertz CT molecular complexity index is 757. The van der Waals surface area contributed by atoms with Crippen molar-refractivity contribution in [3.63, 3.8) is 0 Å². The zero-order valence-corrected chi connectivity index (χ0v) is 14.6. The monoisotopic (exact) mass is 363 g/mol. The Morgan fingerprint density at radius 2 is 1.92 bits per heavy atom. The standard InChI is InChI=1S/C17H17NO6S/c1-22-11-5-6-14(23-2)12(8-11)13(19)10-24-16(20)9-18-17(21)15-4-3-7-25-15/h3-8H,9-10H2,1-2H3,(H,18,21). The van der Waals surface area contributed by atoms with Crippen LogP contribution < -0.4 is 14.8 Å². The number of benzene rings is 1. The third-order valence-electron chi connectivity index (χ3n) is 3.21. The Hall–Kier alpha value is -2.87. The molecule has 0 radical (unpaired) electrons. The van der Waals surface area contributed by atoms with Gasteiger partial charge in [0.25, 0.3) is 5.91 Å². The fourth-order valence-corrected chi connectivity index (χ4v) is 2.59. The van der Waals surface area contributed by atoms with E-state index in [0.29, 0.717) is 16.4 Å². The van der Waals surface area contributed by atoms with Crippen LogP contribution in [0, 0.1) is 0 Å². The highest BCUT2D eigenvalue weighted by Gasteiger charge is 2.16. The summed E-state index contributed by atoms with van der Waals surface area (Å²) >= 11 is 1.26. The van der Waals surface area contributed by atoms with E-state index in [2.05, 4.69) is 5.32 Å². The number of ketones is 1. The molecule has 0 unspecified atom stereocenters. The van der Waals surface area contributed by atoms with Crippen molar-refractivity contribution in [1.82, 2.24) is 5.32 Å². The van der Waals surface area contributed by atoms with E-state index >= 15 is 0 Å². The molecule has 0 aliphatic rings. The number of Topliss-reactive ketones (excluding diaryl/α,β-unsaturated/α-hetero) is 1. The van der Waals surface area contributed by atoms with Crippen LogP contribution in [0.3, 0.4) is 0 Å². The Morgan fingerprint density at radius 3 is 2.56 bits per heavy atom. The number of ether oxygens (including phenoxy) is 3. The molecule has 1 heterocycles. The first-order valence-corrected chi connectivity index (χ1v) is 8.15. The lowest BCUT2D eigenvalue weighted by atomic mass is 10.1. The van der Waals surface area contributed by atoms with Crippen molar-refractivity contribution in [2.24, 2.45) is 0 Å². The lowest BCUT2D eigenvalue weighted by molar-refractivity contribution is -0.141. The molecule has 1 aromatic heterocycles. The Morgan fingerprint density at radius 1 is 1.12 bits per heavy atom. The van der Waals surface area contributed by atoms with E-state index in [4.69, 9.17) is 14.2 Å². The first kappa shape index (κ1) is 18.5. The van der Waals surface area contributed by atoms with Gasteiger partial charge in [-0.1, -0.05) is 6.07 Å². The molecule has 1 amide bonds. The van der Waals surface area contributed by atoms with Gasteiger partial charge in [-0.2, -0.15) is 0 Å². The molecule has 8 heteroatoms. The van der Waals surface area contributed by atoms with Gasteiger partial charge in [-0.15, -0.1) is 11.3 Å². The summed E-state index contributed by atoms with van der Waals surface area (Å²) < 4.78 is 15.1. The van der Waals surface area contributed by atoms with E-state index in [-0.39, 0.29) is 18.0 Å². The van der Waals surface area contributed by atoms with Crippen LogP contribution in [-0.2, 0) is 9.53 Å². The van der Waals surface area contributed by atoms with Crippen molar-refractivity contribution in [2.45, 2.75) is 0 Å². The maximum Gasteiger partial charge on any atom is 0.325 e. The molecule has 1 aromatic carbocycles. The highest BCUT2D eigenvalue weighted by Crippen LogP contribution is 2.24. The van der Waals surface area contributed by atoms with E-state index < -0.39 is 18.4 Å².